The van der Waals surface area contributed by atoms with Crippen LogP contribution in [0.1, 0.15) is 11.3 Å². The van der Waals surface area contributed by atoms with Gasteiger partial charge in [0.15, 0.2) is 5.65 Å². The van der Waals surface area contributed by atoms with Crippen molar-refractivity contribution in [3.05, 3.63) is 40.1 Å². The molecule has 3 aromatic heterocycles. The fourth-order valence-corrected chi connectivity index (χ4v) is 2.33. The number of hydrogen-bond donors (Lipinski definition) is 1. The molecule has 0 bridgehead atoms. The van der Waals surface area contributed by atoms with Crippen LogP contribution in [-0.2, 0) is 25.4 Å². The molecule has 130 valence electrons. The maximum Gasteiger partial charge on any atom is 0.264 e. The van der Waals surface area contributed by atoms with Gasteiger partial charge in [-0.1, -0.05) is 0 Å². The largest absolute Gasteiger partial charge is 0.289 e. The zero-order chi connectivity index (χ0) is 18.1. The average Bonchev–Trinajstić information content (AvgIpc) is 3.05. The Balaban J connectivity index is 1.72. The molecule has 0 atom stereocenters. The monoisotopic (exact) mass is 346 g/mol. The van der Waals surface area contributed by atoms with Crippen LogP contribution in [0.5, 0.6) is 0 Å². The second kappa shape index (κ2) is 6.26. The molecule has 3 aromatic rings. The summed E-state index contributed by atoms with van der Waals surface area (Å²) in [6.07, 6.45) is 3.83. The molecule has 1 N–H and O–H groups in total. The molecule has 0 fully saturated rings. The van der Waals surface area contributed by atoms with Gasteiger partial charge in [-0.05, 0) is 6.92 Å². The maximum atomic E-state index is 13.7. The highest BCUT2D eigenvalue weighted by atomic mass is 19.1. The molecule has 0 saturated carbocycles. The molecule has 0 radical (unpaired) electrons. The molecule has 0 aliphatic carbocycles. The minimum absolute atomic E-state index is 0.179. The molecule has 3 heterocycles. The van der Waals surface area contributed by atoms with Crippen molar-refractivity contribution in [1.29, 1.82) is 0 Å². The number of aromatic nitrogens is 6. The lowest BCUT2D eigenvalue weighted by atomic mass is 10.3. The SMILES string of the molecule is Cc1nn(C)c(F)c1/C=N\NC(=O)Cn1cnc2c(cnn2C)c1=O. The molecule has 1 amide bonds. The molecule has 25 heavy (non-hydrogen) atoms. The van der Waals surface area contributed by atoms with Gasteiger partial charge in [0.25, 0.3) is 11.5 Å². The Hall–Kier alpha value is -3.37. The average molecular weight is 346 g/mol. The summed E-state index contributed by atoms with van der Waals surface area (Å²) in [5.74, 6) is -1.11. The summed E-state index contributed by atoms with van der Waals surface area (Å²) in [6.45, 7) is 1.35. The van der Waals surface area contributed by atoms with E-state index in [0.29, 0.717) is 16.7 Å². The van der Waals surface area contributed by atoms with Crippen molar-refractivity contribution >= 4 is 23.2 Å². The van der Waals surface area contributed by atoms with E-state index in [1.807, 2.05) is 0 Å². The highest BCUT2D eigenvalue weighted by Gasteiger charge is 2.12. The first kappa shape index (κ1) is 16.5. The first-order chi connectivity index (χ1) is 11.9. The van der Waals surface area contributed by atoms with Crippen LogP contribution in [0.2, 0.25) is 0 Å². The summed E-state index contributed by atoms with van der Waals surface area (Å²) in [6, 6.07) is 0. The Morgan fingerprint density at radius 3 is 2.84 bits per heavy atom. The first-order valence-corrected chi connectivity index (χ1v) is 7.26. The van der Waals surface area contributed by atoms with E-state index in [1.165, 1.54) is 30.5 Å². The van der Waals surface area contributed by atoms with E-state index in [-0.39, 0.29) is 17.7 Å². The number of amides is 1. The molecule has 3 rings (SSSR count). The van der Waals surface area contributed by atoms with Gasteiger partial charge in [0.1, 0.15) is 18.3 Å². The fourth-order valence-electron chi connectivity index (χ4n) is 2.33. The number of hydrogen-bond acceptors (Lipinski definition) is 6. The van der Waals surface area contributed by atoms with E-state index in [9.17, 15) is 14.0 Å². The van der Waals surface area contributed by atoms with Gasteiger partial charge in [0.2, 0.25) is 5.95 Å². The highest BCUT2D eigenvalue weighted by molar-refractivity contribution is 5.83. The highest BCUT2D eigenvalue weighted by Crippen LogP contribution is 2.07. The number of nitrogens with zero attached hydrogens (tertiary/aromatic N) is 7. The minimum atomic E-state index is -0.557. The van der Waals surface area contributed by atoms with Crippen molar-refractivity contribution in [3.8, 4) is 0 Å². The smallest absolute Gasteiger partial charge is 0.264 e. The lowest BCUT2D eigenvalue weighted by Crippen LogP contribution is -2.30. The van der Waals surface area contributed by atoms with Crippen LogP contribution in [0.25, 0.3) is 11.0 Å². The van der Waals surface area contributed by atoms with Crippen LogP contribution in [-0.4, -0.2) is 41.2 Å². The van der Waals surface area contributed by atoms with Gasteiger partial charge in [-0.25, -0.2) is 15.1 Å². The summed E-state index contributed by atoms with van der Waals surface area (Å²) >= 11 is 0. The van der Waals surface area contributed by atoms with Crippen molar-refractivity contribution < 1.29 is 9.18 Å². The predicted molar refractivity (Wildman–Crippen MR) is 86.4 cm³/mol. The molecular weight excluding hydrogens is 331 g/mol. The molecule has 0 aliphatic heterocycles. The van der Waals surface area contributed by atoms with E-state index in [4.69, 9.17) is 0 Å². The molecule has 0 aromatic carbocycles. The number of rotatable bonds is 4. The van der Waals surface area contributed by atoms with Crippen LogP contribution in [0.15, 0.2) is 22.4 Å². The minimum Gasteiger partial charge on any atom is -0.289 e. The van der Waals surface area contributed by atoms with Gasteiger partial charge in [-0.3, -0.25) is 18.8 Å². The molecule has 0 unspecified atom stereocenters. The topological polar surface area (TPSA) is 112 Å². The lowest BCUT2D eigenvalue weighted by Gasteiger charge is -2.04. The first-order valence-electron chi connectivity index (χ1n) is 7.26. The van der Waals surface area contributed by atoms with Gasteiger partial charge in [-0.15, -0.1) is 0 Å². The standard InChI is InChI=1S/C14H15FN8O2/c1-8-9(12(15)21(2)20-8)4-17-19-11(24)6-23-7-16-13-10(14(23)25)5-18-22(13)3/h4-5,7H,6H2,1-3H3,(H,19,24)/b17-4-. The third-order valence-electron chi connectivity index (χ3n) is 3.61. The Morgan fingerprint density at radius 2 is 2.16 bits per heavy atom. The van der Waals surface area contributed by atoms with Gasteiger partial charge >= 0.3 is 0 Å². The van der Waals surface area contributed by atoms with Gasteiger partial charge in [-0.2, -0.15) is 19.7 Å². The molecule has 0 aliphatic rings. The molecule has 10 nitrogen and oxygen atoms in total. The molecular formula is C14H15FN8O2. The number of aryl methyl sites for hydroxylation is 3. The van der Waals surface area contributed by atoms with E-state index in [1.54, 1.807) is 14.0 Å². The van der Waals surface area contributed by atoms with Crippen molar-refractivity contribution in [3.63, 3.8) is 0 Å². The number of nitrogens with one attached hydrogen (secondary N) is 1. The molecule has 11 heteroatoms. The summed E-state index contributed by atoms with van der Waals surface area (Å²) in [7, 11) is 3.13. The van der Waals surface area contributed by atoms with E-state index >= 15 is 0 Å². The number of hydrazone groups is 1. The van der Waals surface area contributed by atoms with Crippen LogP contribution < -0.4 is 11.0 Å². The number of halogens is 1. The van der Waals surface area contributed by atoms with E-state index in [2.05, 4.69) is 25.7 Å². The van der Waals surface area contributed by atoms with Crippen molar-refractivity contribution in [2.24, 2.45) is 19.2 Å². The summed E-state index contributed by atoms with van der Waals surface area (Å²) in [5.41, 5.74) is 2.92. The quantitative estimate of drug-likeness (QED) is 0.504. The Morgan fingerprint density at radius 1 is 1.40 bits per heavy atom. The Bertz CT molecular complexity index is 1050. The third kappa shape index (κ3) is 3.03. The van der Waals surface area contributed by atoms with E-state index in [0.717, 1.165) is 9.25 Å². The van der Waals surface area contributed by atoms with Crippen LogP contribution in [0.3, 0.4) is 0 Å². The maximum absolute atomic E-state index is 13.7. The van der Waals surface area contributed by atoms with Gasteiger partial charge in [0.05, 0.1) is 23.7 Å². The van der Waals surface area contributed by atoms with Crippen LogP contribution in [0.4, 0.5) is 4.39 Å². The number of carbonyl (C=O) groups excluding carboxylic acids is 1. The zero-order valence-electron chi connectivity index (χ0n) is 13.8. The van der Waals surface area contributed by atoms with Crippen molar-refractivity contribution in [2.75, 3.05) is 0 Å². The second-order valence-electron chi connectivity index (χ2n) is 5.39. The normalized spacial score (nSPS) is 11.5. The molecule has 0 saturated heterocycles. The van der Waals surface area contributed by atoms with Crippen LogP contribution >= 0.6 is 0 Å². The van der Waals surface area contributed by atoms with Crippen LogP contribution in [0, 0.1) is 12.9 Å². The summed E-state index contributed by atoms with van der Waals surface area (Å²) < 4.78 is 17.4. The zero-order valence-corrected chi connectivity index (χ0v) is 13.8. The van der Waals surface area contributed by atoms with Gasteiger partial charge < -0.3 is 0 Å². The van der Waals surface area contributed by atoms with E-state index < -0.39 is 11.9 Å². The van der Waals surface area contributed by atoms with Crippen molar-refractivity contribution in [1.82, 2.24) is 34.5 Å². The number of carbonyl (C=O) groups is 1. The van der Waals surface area contributed by atoms with Crippen molar-refractivity contribution in [2.45, 2.75) is 13.5 Å². The molecule has 0 spiro atoms. The van der Waals surface area contributed by atoms with Gasteiger partial charge in [0, 0.05) is 14.1 Å². The number of fused-ring (bicyclic) bond motifs is 1. The lowest BCUT2D eigenvalue weighted by molar-refractivity contribution is -0.121. The summed E-state index contributed by atoms with van der Waals surface area (Å²) in [4.78, 5) is 28.3. The Labute approximate surface area is 140 Å². The predicted octanol–water partition coefficient (Wildman–Crippen LogP) is -0.539. The fraction of sp³-hybridized carbons (Fsp3) is 0.286. The summed E-state index contributed by atoms with van der Waals surface area (Å²) in [5, 5.41) is 11.9. The third-order valence-corrected chi connectivity index (χ3v) is 3.61. The Kier molecular flexibility index (Phi) is 4.13. The second-order valence-corrected chi connectivity index (χ2v) is 5.39.